The van der Waals surface area contributed by atoms with Crippen molar-refractivity contribution in [3.63, 3.8) is 0 Å². The molecule has 0 amide bonds. The average Bonchev–Trinajstić information content (AvgIpc) is 2.79. The van der Waals surface area contributed by atoms with Gasteiger partial charge in [-0.2, -0.15) is 0 Å². The minimum absolute atomic E-state index is 0.351. The van der Waals surface area contributed by atoms with Crippen molar-refractivity contribution in [3.05, 3.63) is 11.4 Å². The number of hydrogen-bond donors (Lipinski definition) is 0. The van der Waals surface area contributed by atoms with Crippen molar-refractivity contribution in [3.8, 4) is 0 Å². The summed E-state index contributed by atoms with van der Waals surface area (Å²) in [7, 11) is 0. The summed E-state index contributed by atoms with van der Waals surface area (Å²) in [5, 5.41) is 8.29. The fourth-order valence-electron chi connectivity index (χ4n) is 3.06. The third-order valence-corrected chi connectivity index (χ3v) is 4.20. The van der Waals surface area contributed by atoms with Crippen LogP contribution in [0, 0.1) is 12.8 Å². The average molecular weight is 293 g/mol. The Morgan fingerprint density at radius 1 is 1.38 bits per heavy atom. The highest BCUT2D eigenvalue weighted by atomic mass is 16.6. The van der Waals surface area contributed by atoms with Crippen molar-refractivity contribution in [1.82, 2.24) is 15.0 Å². The van der Waals surface area contributed by atoms with E-state index in [9.17, 15) is 4.79 Å². The van der Waals surface area contributed by atoms with Gasteiger partial charge in [0, 0.05) is 0 Å². The molecule has 2 rings (SSSR count). The van der Waals surface area contributed by atoms with Gasteiger partial charge < -0.3 is 4.74 Å². The van der Waals surface area contributed by atoms with Crippen LogP contribution in [0.5, 0.6) is 0 Å². The van der Waals surface area contributed by atoms with Crippen LogP contribution in [0.1, 0.15) is 82.0 Å². The molecule has 1 fully saturated rings. The van der Waals surface area contributed by atoms with E-state index >= 15 is 0 Å². The quantitative estimate of drug-likeness (QED) is 0.798. The zero-order valence-electron chi connectivity index (χ0n) is 13.8. The maximum Gasteiger partial charge on any atom is 0.361 e. The Morgan fingerprint density at radius 2 is 2.10 bits per heavy atom. The van der Waals surface area contributed by atoms with E-state index in [-0.39, 0.29) is 5.97 Å². The second kappa shape index (κ2) is 6.16. The first-order valence-electron chi connectivity index (χ1n) is 7.97. The lowest BCUT2D eigenvalue weighted by Crippen LogP contribution is -2.25. The first kappa shape index (κ1) is 16.0. The molecule has 5 heteroatoms. The van der Waals surface area contributed by atoms with E-state index in [2.05, 4.69) is 17.2 Å². The van der Waals surface area contributed by atoms with Gasteiger partial charge in [0.15, 0.2) is 5.69 Å². The van der Waals surface area contributed by atoms with Crippen molar-refractivity contribution < 1.29 is 9.53 Å². The van der Waals surface area contributed by atoms with Crippen LogP contribution in [0.3, 0.4) is 0 Å². The first-order valence-corrected chi connectivity index (χ1v) is 7.97. The predicted octanol–water partition coefficient (Wildman–Crippen LogP) is 3.68. The summed E-state index contributed by atoms with van der Waals surface area (Å²) in [6, 6.07) is 0.368. The SMILES string of the molecule is CCC1CCCC(n2nnc(C(=O)OC(C)(C)C)c2C)C1. The van der Waals surface area contributed by atoms with Crippen LogP contribution >= 0.6 is 0 Å². The minimum Gasteiger partial charge on any atom is -0.455 e. The van der Waals surface area contributed by atoms with Gasteiger partial charge in [0.05, 0.1) is 11.7 Å². The second-order valence-corrected chi connectivity index (χ2v) is 7.06. The van der Waals surface area contributed by atoms with Gasteiger partial charge in [-0.15, -0.1) is 5.10 Å². The molecule has 0 aromatic carbocycles. The summed E-state index contributed by atoms with van der Waals surface area (Å²) in [6.45, 7) is 9.73. The predicted molar refractivity (Wildman–Crippen MR) is 81.2 cm³/mol. The summed E-state index contributed by atoms with van der Waals surface area (Å²) >= 11 is 0. The van der Waals surface area contributed by atoms with E-state index in [4.69, 9.17) is 4.74 Å². The van der Waals surface area contributed by atoms with E-state index in [0.29, 0.717) is 11.7 Å². The molecule has 2 unspecified atom stereocenters. The highest BCUT2D eigenvalue weighted by Gasteiger charge is 2.28. The zero-order valence-corrected chi connectivity index (χ0v) is 13.8. The lowest BCUT2D eigenvalue weighted by molar-refractivity contribution is 0.00618. The zero-order chi connectivity index (χ0) is 15.6. The Bertz CT molecular complexity index is 502. The van der Waals surface area contributed by atoms with E-state index in [1.165, 1.54) is 19.3 Å². The molecule has 1 aromatic rings. The van der Waals surface area contributed by atoms with E-state index in [0.717, 1.165) is 24.5 Å². The summed E-state index contributed by atoms with van der Waals surface area (Å²) in [5.74, 6) is 0.381. The number of rotatable bonds is 3. The Balaban J connectivity index is 2.15. The number of nitrogens with zero attached hydrogens (tertiary/aromatic N) is 3. The molecule has 2 atom stereocenters. The number of ether oxygens (including phenoxy) is 1. The molecule has 0 spiro atoms. The molecule has 1 saturated carbocycles. The van der Waals surface area contributed by atoms with Gasteiger partial charge in [-0.25, -0.2) is 9.48 Å². The van der Waals surface area contributed by atoms with E-state index in [1.807, 2.05) is 32.4 Å². The monoisotopic (exact) mass is 293 g/mol. The molecule has 0 saturated heterocycles. The Kier molecular flexibility index (Phi) is 4.69. The van der Waals surface area contributed by atoms with E-state index in [1.54, 1.807) is 0 Å². The Morgan fingerprint density at radius 3 is 2.71 bits per heavy atom. The smallest absolute Gasteiger partial charge is 0.361 e. The molecule has 0 bridgehead atoms. The number of aromatic nitrogens is 3. The number of esters is 1. The second-order valence-electron chi connectivity index (χ2n) is 7.06. The number of carbonyl (C=O) groups is 1. The van der Waals surface area contributed by atoms with Gasteiger partial charge in [0.25, 0.3) is 0 Å². The van der Waals surface area contributed by atoms with Gasteiger partial charge in [-0.3, -0.25) is 0 Å². The van der Waals surface area contributed by atoms with Crippen LogP contribution in [0.4, 0.5) is 0 Å². The van der Waals surface area contributed by atoms with Gasteiger partial charge in [0.2, 0.25) is 0 Å². The van der Waals surface area contributed by atoms with Gasteiger partial charge in [-0.1, -0.05) is 31.4 Å². The third kappa shape index (κ3) is 3.83. The maximum absolute atomic E-state index is 12.2. The van der Waals surface area contributed by atoms with Crippen LogP contribution in [0.25, 0.3) is 0 Å². The molecule has 0 radical (unpaired) electrons. The van der Waals surface area contributed by atoms with Crippen molar-refractivity contribution in [2.45, 2.75) is 78.4 Å². The van der Waals surface area contributed by atoms with Crippen LogP contribution in [0.15, 0.2) is 0 Å². The Labute approximate surface area is 127 Å². The molecule has 1 aliphatic carbocycles. The van der Waals surface area contributed by atoms with Crippen LogP contribution in [-0.2, 0) is 4.74 Å². The molecule has 21 heavy (non-hydrogen) atoms. The minimum atomic E-state index is -0.508. The van der Waals surface area contributed by atoms with Gasteiger partial charge in [0.1, 0.15) is 5.60 Å². The molecule has 1 aromatic heterocycles. The molecule has 1 aliphatic rings. The first-order chi connectivity index (χ1) is 9.81. The van der Waals surface area contributed by atoms with Gasteiger partial charge >= 0.3 is 5.97 Å². The molecule has 118 valence electrons. The topological polar surface area (TPSA) is 57.0 Å². The fourth-order valence-corrected chi connectivity index (χ4v) is 3.06. The number of carbonyl (C=O) groups excluding carboxylic acids is 1. The summed E-state index contributed by atoms with van der Waals surface area (Å²) in [4.78, 5) is 12.2. The summed E-state index contributed by atoms with van der Waals surface area (Å²) in [6.07, 6.45) is 6.00. The molecule has 1 heterocycles. The molecular weight excluding hydrogens is 266 g/mol. The summed E-state index contributed by atoms with van der Waals surface area (Å²) in [5.41, 5.74) is 0.667. The standard InChI is InChI=1S/C16H27N3O2/c1-6-12-8-7-9-13(10-12)19-11(2)14(17-18-19)15(20)21-16(3,4)5/h12-13H,6-10H2,1-5H3. The van der Waals surface area contributed by atoms with Crippen LogP contribution in [0.2, 0.25) is 0 Å². The normalized spacial score (nSPS) is 23.1. The Hall–Kier alpha value is -1.39. The van der Waals surface area contributed by atoms with Crippen molar-refractivity contribution >= 4 is 5.97 Å². The van der Waals surface area contributed by atoms with E-state index < -0.39 is 5.60 Å². The molecule has 0 aliphatic heterocycles. The molecule has 0 N–H and O–H groups in total. The lowest BCUT2D eigenvalue weighted by atomic mass is 9.84. The van der Waals surface area contributed by atoms with Crippen molar-refractivity contribution in [2.75, 3.05) is 0 Å². The maximum atomic E-state index is 12.2. The van der Waals surface area contributed by atoms with Crippen molar-refractivity contribution in [1.29, 1.82) is 0 Å². The molecule has 5 nitrogen and oxygen atoms in total. The molecular formula is C16H27N3O2. The van der Waals surface area contributed by atoms with Crippen LogP contribution < -0.4 is 0 Å². The third-order valence-electron chi connectivity index (χ3n) is 4.20. The lowest BCUT2D eigenvalue weighted by Gasteiger charge is -2.29. The highest BCUT2D eigenvalue weighted by molar-refractivity contribution is 5.88. The highest BCUT2D eigenvalue weighted by Crippen LogP contribution is 2.34. The van der Waals surface area contributed by atoms with Crippen LogP contribution in [-0.4, -0.2) is 26.6 Å². The summed E-state index contributed by atoms with van der Waals surface area (Å²) < 4.78 is 7.32. The van der Waals surface area contributed by atoms with Gasteiger partial charge in [-0.05, 0) is 46.5 Å². The largest absolute Gasteiger partial charge is 0.455 e. The fraction of sp³-hybridized carbons (Fsp3) is 0.812. The van der Waals surface area contributed by atoms with Crippen molar-refractivity contribution in [2.24, 2.45) is 5.92 Å². The number of hydrogen-bond acceptors (Lipinski definition) is 4.